The number of halogens is 1. The average Bonchev–Trinajstić information content (AvgIpc) is 2.33. The Morgan fingerprint density at radius 3 is 2.33 bits per heavy atom. The SMILES string of the molecule is CC(C)[C@@H](NC(=O)c1ccc(Br)cn1)C(=O)OC(C)(C)C. The van der Waals surface area contributed by atoms with Crippen LogP contribution in [0.3, 0.4) is 0 Å². The van der Waals surface area contributed by atoms with Gasteiger partial charge in [0.25, 0.3) is 5.91 Å². The monoisotopic (exact) mass is 356 g/mol. The molecule has 1 aromatic rings. The van der Waals surface area contributed by atoms with Crippen molar-refractivity contribution in [3.63, 3.8) is 0 Å². The zero-order chi connectivity index (χ0) is 16.2. The highest BCUT2D eigenvalue weighted by atomic mass is 79.9. The van der Waals surface area contributed by atoms with E-state index >= 15 is 0 Å². The van der Waals surface area contributed by atoms with Crippen molar-refractivity contribution >= 4 is 27.8 Å². The quantitative estimate of drug-likeness (QED) is 0.842. The third kappa shape index (κ3) is 5.83. The van der Waals surface area contributed by atoms with E-state index in [1.54, 1.807) is 32.9 Å². The first-order chi connectivity index (χ1) is 9.60. The summed E-state index contributed by atoms with van der Waals surface area (Å²) in [5.41, 5.74) is -0.336. The smallest absolute Gasteiger partial charge is 0.329 e. The van der Waals surface area contributed by atoms with Gasteiger partial charge in [0.05, 0.1) is 0 Å². The first-order valence-corrected chi connectivity index (χ1v) is 7.55. The Bertz CT molecular complexity index is 507. The Hall–Kier alpha value is -1.43. The molecule has 1 atom stereocenters. The van der Waals surface area contributed by atoms with Crippen molar-refractivity contribution in [1.29, 1.82) is 0 Å². The topological polar surface area (TPSA) is 68.3 Å². The minimum absolute atomic E-state index is 0.0840. The van der Waals surface area contributed by atoms with Crippen molar-refractivity contribution in [3.8, 4) is 0 Å². The highest BCUT2D eigenvalue weighted by Gasteiger charge is 2.29. The molecule has 0 aromatic carbocycles. The fourth-order valence-electron chi connectivity index (χ4n) is 1.59. The van der Waals surface area contributed by atoms with Gasteiger partial charge in [0.1, 0.15) is 17.3 Å². The Morgan fingerprint density at radius 1 is 1.29 bits per heavy atom. The molecule has 1 aromatic heterocycles. The van der Waals surface area contributed by atoms with Gasteiger partial charge in [0.15, 0.2) is 0 Å². The van der Waals surface area contributed by atoms with Gasteiger partial charge in [-0.15, -0.1) is 0 Å². The second-order valence-corrected chi connectivity index (χ2v) is 7.01. The zero-order valence-corrected chi connectivity index (χ0v) is 14.5. The number of esters is 1. The van der Waals surface area contributed by atoms with E-state index in [0.29, 0.717) is 0 Å². The predicted molar refractivity (Wildman–Crippen MR) is 83.9 cm³/mol. The number of carbonyl (C=O) groups is 2. The number of amides is 1. The van der Waals surface area contributed by atoms with Crippen molar-refractivity contribution in [3.05, 3.63) is 28.5 Å². The van der Waals surface area contributed by atoms with Crippen molar-refractivity contribution in [2.75, 3.05) is 0 Å². The molecule has 5 nitrogen and oxygen atoms in total. The van der Waals surface area contributed by atoms with Crippen molar-refractivity contribution in [2.45, 2.75) is 46.3 Å². The van der Waals surface area contributed by atoms with E-state index in [1.807, 2.05) is 13.8 Å². The largest absolute Gasteiger partial charge is 0.458 e. The molecule has 0 radical (unpaired) electrons. The molecular weight excluding hydrogens is 336 g/mol. The summed E-state index contributed by atoms with van der Waals surface area (Å²) in [6, 6.07) is 2.60. The number of carbonyl (C=O) groups excluding carboxylic acids is 2. The van der Waals surface area contributed by atoms with Crippen LogP contribution >= 0.6 is 15.9 Å². The van der Waals surface area contributed by atoms with Crippen LogP contribution in [0.15, 0.2) is 22.8 Å². The molecule has 0 aliphatic rings. The van der Waals surface area contributed by atoms with Crippen LogP contribution in [-0.4, -0.2) is 28.5 Å². The second kappa shape index (κ2) is 7.02. The van der Waals surface area contributed by atoms with Crippen LogP contribution < -0.4 is 5.32 Å². The second-order valence-electron chi connectivity index (χ2n) is 6.09. The van der Waals surface area contributed by atoms with Gasteiger partial charge in [0.2, 0.25) is 0 Å². The number of pyridine rings is 1. The van der Waals surface area contributed by atoms with E-state index in [9.17, 15) is 9.59 Å². The summed E-state index contributed by atoms with van der Waals surface area (Å²) in [5, 5.41) is 2.68. The molecule has 6 heteroatoms. The van der Waals surface area contributed by atoms with E-state index in [1.165, 1.54) is 6.20 Å². The molecule has 1 rings (SSSR count). The van der Waals surface area contributed by atoms with Gasteiger partial charge in [0, 0.05) is 10.7 Å². The number of nitrogens with one attached hydrogen (secondary N) is 1. The summed E-state index contributed by atoms with van der Waals surface area (Å²) < 4.78 is 6.12. The third-order valence-corrected chi connectivity index (χ3v) is 3.04. The lowest BCUT2D eigenvalue weighted by Gasteiger charge is -2.26. The Morgan fingerprint density at radius 2 is 1.90 bits per heavy atom. The fraction of sp³-hybridized carbons (Fsp3) is 0.533. The summed E-state index contributed by atoms with van der Waals surface area (Å²) in [6.45, 7) is 9.08. The maximum atomic E-state index is 12.2. The standard InChI is InChI=1S/C15H21BrN2O3/c1-9(2)12(14(20)21-15(3,4)5)18-13(19)11-7-6-10(16)8-17-11/h6-9,12H,1-5H3,(H,18,19)/t12-/m1/s1. The van der Waals surface area contributed by atoms with Gasteiger partial charge >= 0.3 is 5.97 Å². The minimum atomic E-state index is -0.706. The van der Waals surface area contributed by atoms with Crippen LogP contribution in [0.1, 0.15) is 45.1 Å². The van der Waals surface area contributed by atoms with E-state index < -0.39 is 23.5 Å². The molecule has 0 unspecified atom stereocenters. The van der Waals surface area contributed by atoms with Crippen LogP contribution in [0.4, 0.5) is 0 Å². The molecular formula is C15H21BrN2O3. The van der Waals surface area contributed by atoms with Gasteiger partial charge in [-0.05, 0) is 54.8 Å². The van der Waals surface area contributed by atoms with Crippen molar-refractivity contribution < 1.29 is 14.3 Å². The molecule has 1 amide bonds. The molecule has 0 bridgehead atoms. The number of rotatable bonds is 4. The number of ether oxygens (including phenoxy) is 1. The molecule has 116 valence electrons. The fourth-order valence-corrected chi connectivity index (χ4v) is 1.82. The summed E-state index contributed by atoms with van der Waals surface area (Å²) in [5.74, 6) is -0.922. The van der Waals surface area contributed by atoms with Gasteiger partial charge in [-0.3, -0.25) is 4.79 Å². The van der Waals surface area contributed by atoms with Crippen LogP contribution in [0, 0.1) is 5.92 Å². The average molecular weight is 357 g/mol. The lowest BCUT2D eigenvalue weighted by Crippen LogP contribution is -2.47. The van der Waals surface area contributed by atoms with Crippen LogP contribution in [0.2, 0.25) is 0 Å². The lowest BCUT2D eigenvalue weighted by molar-refractivity contribution is -0.158. The van der Waals surface area contributed by atoms with E-state index in [-0.39, 0.29) is 11.6 Å². The minimum Gasteiger partial charge on any atom is -0.458 e. The van der Waals surface area contributed by atoms with Crippen LogP contribution in [0.25, 0.3) is 0 Å². The van der Waals surface area contributed by atoms with Gasteiger partial charge in [-0.1, -0.05) is 13.8 Å². The van der Waals surface area contributed by atoms with E-state index in [0.717, 1.165) is 4.47 Å². The van der Waals surface area contributed by atoms with Crippen molar-refractivity contribution in [1.82, 2.24) is 10.3 Å². The molecule has 1 heterocycles. The highest BCUT2D eigenvalue weighted by Crippen LogP contribution is 2.13. The van der Waals surface area contributed by atoms with Gasteiger partial charge in [-0.2, -0.15) is 0 Å². The summed E-state index contributed by atoms with van der Waals surface area (Å²) in [6.07, 6.45) is 1.53. The van der Waals surface area contributed by atoms with Crippen LogP contribution in [-0.2, 0) is 9.53 Å². The molecule has 0 aliphatic heterocycles. The van der Waals surface area contributed by atoms with Crippen LogP contribution in [0.5, 0.6) is 0 Å². The Kier molecular flexibility index (Phi) is 5.89. The number of nitrogens with zero attached hydrogens (tertiary/aromatic N) is 1. The maximum absolute atomic E-state index is 12.2. The highest BCUT2D eigenvalue weighted by molar-refractivity contribution is 9.10. The summed E-state index contributed by atoms with van der Waals surface area (Å²) in [4.78, 5) is 28.3. The molecule has 0 aliphatic carbocycles. The molecule has 1 N–H and O–H groups in total. The van der Waals surface area contributed by atoms with Gasteiger partial charge < -0.3 is 10.1 Å². The number of aromatic nitrogens is 1. The predicted octanol–water partition coefficient (Wildman–Crippen LogP) is 2.94. The zero-order valence-electron chi connectivity index (χ0n) is 12.9. The summed E-state index contributed by atoms with van der Waals surface area (Å²) in [7, 11) is 0. The van der Waals surface area contributed by atoms with Gasteiger partial charge in [-0.25, -0.2) is 9.78 Å². The molecule has 0 fully saturated rings. The summed E-state index contributed by atoms with van der Waals surface area (Å²) >= 11 is 3.26. The van der Waals surface area contributed by atoms with E-state index in [2.05, 4.69) is 26.2 Å². The maximum Gasteiger partial charge on any atom is 0.329 e. The lowest BCUT2D eigenvalue weighted by atomic mass is 10.0. The molecule has 0 saturated heterocycles. The first-order valence-electron chi connectivity index (χ1n) is 6.75. The normalized spacial score (nSPS) is 12.9. The van der Waals surface area contributed by atoms with Crippen molar-refractivity contribution in [2.24, 2.45) is 5.92 Å². The number of hydrogen-bond acceptors (Lipinski definition) is 4. The Balaban J connectivity index is 2.81. The molecule has 21 heavy (non-hydrogen) atoms. The van der Waals surface area contributed by atoms with E-state index in [4.69, 9.17) is 4.74 Å². The molecule has 0 saturated carbocycles. The molecule has 0 spiro atoms. The Labute approximate surface area is 133 Å². The number of hydrogen-bond donors (Lipinski definition) is 1. The third-order valence-electron chi connectivity index (χ3n) is 2.57. The first kappa shape index (κ1) is 17.6.